The molecule has 3 aliphatic rings. The van der Waals surface area contributed by atoms with Gasteiger partial charge in [-0.3, -0.25) is 4.79 Å². The fourth-order valence-electron chi connectivity index (χ4n) is 4.79. The second-order valence-electron chi connectivity index (χ2n) is 7.67. The molecular formula is C17H31N3O. The Morgan fingerprint density at radius 3 is 2.38 bits per heavy atom. The maximum atomic E-state index is 12.6. The molecule has 2 heterocycles. The molecule has 1 amide bonds. The van der Waals surface area contributed by atoms with E-state index in [9.17, 15) is 4.79 Å². The highest BCUT2D eigenvalue weighted by atomic mass is 16.2. The summed E-state index contributed by atoms with van der Waals surface area (Å²) in [5, 5.41) is 3.34. The topological polar surface area (TPSA) is 58.4 Å². The van der Waals surface area contributed by atoms with E-state index < -0.39 is 0 Å². The number of carbonyl (C=O) groups excluding carboxylic acids is 1. The normalized spacial score (nSPS) is 44.3. The number of nitrogens with one attached hydrogen (secondary N) is 1. The Hall–Kier alpha value is -0.610. The quantitative estimate of drug-likeness (QED) is 0.817. The van der Waals surface area contributed by atoms with Crippen molar-refractivity contribution in [2.24, 2.45) is 17.6 Å². The van der Waals surface area contributed by atoms with Crippen molar-refractivity contribution in [3.8, 4) is 0 Å². The van der Waals surface area contributed by atoms with Crippen molar-refractivity contribution < 1.29 is 4.79 Å². The van der Waals surface area contributed by atoms with Crippen molar-refractivity contribution in [2.75, 3.05) is 7.05 Å². The number of amides is 1. The van der Waals surface area contributed by atoms with Crippen molar-refractivity contribution in [1.82, 2.24) is 10.2 Å². The predicted octanol–water partition coefficient (Wildman–Crippen LogP) is 1.88. The first-order valence-electron chi connectivity index (χ1n) is 8.84. The Kier molecular flexibility index (Phi) is 4.55. The highest BCUT2D eigenvalue weighted by Crippen LogP contribution is 2.33. The van der Waals surface area contributed by atoms with Crippen molar-refractivity contribution in [3.05, 3.63) is 0 Å². The van der Waals surface area contributed by atoms with Gasteiger partial charge in [0.15, 0.2) is 0 Å². The van der Waals surface area contributed by atoms with Crippen molar-refractivity contribution in [3.63, 3.8) is 0 Å². The molecule has 0 aromatic heterocycles. The van der Waals surface area contributed by atoms with Gasteiger partial charge in [0.25, 0.3) is 0 Å². The van der Waals surface area contributed by atoms with Crippen LogP contribution in [0.2, 0.25) is 0 Å². The maximum Gasteiger partial charge on any atom is 0.224 e. The van der Waals surface area contributed by atoms with E-state index in [4.69, 9.17) is 5.73 Å². The summed E-state index contributed by atoms with van der Waals surface area (Å²) < 4.78 is 0. The smallest absolute Gasteiger partial charge is 0.224 e. The number of carbonyl (C=O) groups is 1. The van der Waals surface area contributed by atoms with Gasteiger partial charge < -0.3 is 16.0 Å². The van der Waals surface area contributed by atoms with Crippen molar-refractivity contribution >= 4 is 5.91 Å². The van der Waals surface area contributed by atoms with Crippen LogP contribution in [0.1, 0.15) is 58.3 Å². The Morgan fingerprint density at radius 1 is 1.10 bits per heavy atom. The highest BCUT2D eigenvalue weighted by Gasteiger charge is 2.38. The molecule has 4 nitrogen and oxygen atoms in total. The molecule has 1 saturated carbocycles. The number of piperidine rings is 2. The summed E-state index contributed by atoms with van der Waals surface area (Å²) in [6.45, 7) is 2.18. The van der Waals surface area contributed by atoms with E-state index in [1.54, 1.807) is 0 Å². The number of rotatable bonds is 2. The molecule has 0 radical (unpaired) electrons. The van der Waals surface area contributed by atoms with Crippen molar-refractivity contribution in [2.45, 2.75) is 82.5 Å². The van der Waals surface area contributed by atoms with E-state index in [1.165, 1.54) is 25.7 Å². The molecule has 3 rings (SSSR count). The zero-order valence-electron chi connectivity index (χ0n) is 13.6. The van der Waals surface area contributed by atoms with E-state index in [2.05, 4.69) is 24.2 Å². The zero-order valence-corrected chi connectivity index (χ0v) is 13.6. The van der Waals surface area contributed by atoms with Crippen LogP contribution in [-0.2, 0) is 4.79 Å². The summed E-state index contributed by atoms with van der Waals surface area (Å²) in [5.41, 5.74) is 6.27. The van der Waals surface area contributed by atoms with Crippen LogP contribution in [0.3, 0.4) is 0 Å². The third-order valence-corrected chi connectivity index (χ3v) is 6.32. The summed E-state index contributed by atoms with van der Waals surface area (Å²) in [7, 11) is 2.26. The van der Waals surface area contributed by atoms with E-state index in [-0.39, 0.29) is 17.9 Å². The standard InChI is InChI=1S/C17H31N3O/c1-11-5-3-8-15(16(11)18)17(21)19-12-9-13-6-4-7-14(10-12)20(13)2/h11-16H,3-10,18H2,1-2H3,(H,19,21). The minimum Gasteiger partial charge on any atom is -0.353 e. The third kappa shape index (κ3) is 3.11. The first-order valence-corrected chi connectivity index (χ1v) is 8.84. The van der Waals surface area contributed by atoms with Gasteiger partial charge in [-0.05, 0) is 51.5 Å². The van der Waals surface area contributed by atoms with Crippen LogP contribution in [0.4, 0.5) is 0 Å². The molecule has 0 spiro atoms. The maximum absolute atomic E-state index is 12.6. The number of hydrogen-bond acceptors (Lipinski definition) is 3. The van der Waals surface area contributed by atoms with Crippen LogP contribution in [0.15, 0.2) is 0 Å². The van der Waals surface area contributed by atoms with E-state index >= 15 is 0 Å². The zero-order chi connectivity index (χ0) is 15.0. The first-order chi connectivity index (χ1) is 10.1. The molecule has 5 unspecified atom stereocenters. The first kappa shape index (κ1) is 15.3. The van der Waals surface area contributed by atoms with Gasteiger partial charge in [-0.25, -0.2) is 0 Å². The van der Waals surface area contributed by atoms with Crippen molar-refractivity contribution in [1.29, 1.82) is 0 Å². The molecule has 1 aliphatic carbocycles. The molecule has 0 aromatic rings. The van der Waals surface area contributed by atoms with Gasteiger partial charge in [-0.15, -0.1) is 0 Å². The van der Waals surface area contributed by atoms with Gasteiger partial charge in [0.2, 0.25) is 5.91 Å². The van der Waals surface area contributed by atoms with E-state index in [0.29, 0.717) is 24.0 Å². The SMILES string of the molecule is CC1CCCC(C(=O)NC2CC3CCCC(C2)N3C)C1N. The van der Waals surface area contributed by atoms with Crippen LogP contribution >= 0.6 is 0 Å². The number of nitrogens with two attached hydrogens (primary N) is 1. The second-order valence-corrected chi connectivity index (χ2v) is 7.67. The summed E-state index contributed by atoms with van der Waals surface area (Å²) in [6, 6.07) is 1.75. The second kappa shape index (κ2) is 6.25. The number of fused-ring (bicyclic) bond motifs is 2. The lowest BCUT2D eigenvalue weighted by Gasteiger charge is -2.47. The molecule has 4 heteroatoms. The minimum atomic E-state index is 0.0354. The van der Waals surface area contributed by atoms with E-state index in [1.807, 2.05) is 0 Å². The Balaban J connectivity index is 1.58. The van der Waals surface area contributed by atoms with Crippen LogP contribution in [-0.4, -0.2) is 42.0 Å². The molecule has 21 heavy (non-hydrogen) atoms. The van der Waals surface area contributed by atoms with E-state index in [0.717, 1.165) is 25.7 Å². The molecule has 0 aromatic carbocycles. The largest absolute Gasteiger partial charge is 0.353 e. The molecular weight excluding hydrogens is 262 g/mol. The molecule has 3 fully saturated rings. The van der Waals surface area contributed by atoms with Gasteiger partial charge in [0, 0.05) is 24.2 Å². The molecule has 120 valence electrons. The van der Waals surface area contributed by atoms with Gasteiger partial charge in [-0.2, -0.15) is 0 Å². The monoisotopic (exact) mass is 293 g/mol. The van der Waals surface area contributed by atoms with Crippen LogP contribution in [0.5, 0.6) is 0 Å². The van der Waals surface area contributed by atoms with Gasteiger partial charge in [0.1, 0.15) is 0 Å². The Labute approximate surface area is 128 Å². The number of nitrogens with zero attached hydrogens (tertiary/aromatic N) is 1. The summed E-state index contributed by atoms with van der Waals surface area (Å²) in [4.78, 5) is 15.2. The predicted molar refractivity (Wildman–Crippen MR) is 84.8 cm³/mol. The average Bonchev–Trinajstić information content (AvgIpc) is 2.43. The third-order valence-electron chi connectivity index (χ3n) is 6.32. The molecule has 2 saturated heterocycles. The van der Waals surface area contributed by atoms with Crippen LogP contribution in [0, 0.1) is 11.8 Å². The summed E-state index contributed by atoms with van der Waals surface area (Å²) in [6.07, 6.45) is 9.46. The molecule has 3 N–H and O–H groups in total. The summed E-state index contributed by atoms with van der Waals surface area (Å²) in [5.74, 6) is 0.737. The molecule has 2 bridgehead atoms. The Morgan fingerprint density at radius 2 is 1.71 bits per heavy atom. The lowest BCUT2D eigenvalue weighted by Crippen LogP contribution is -2.57. The fourth-order valence-corrected chi connectivity index (χ4v) is 4.79. The minimum absolute atomic E-state index is 0.0354. The average molecular weight is 293 g/mol. The van der Waals surface area contributed by atoms with Gasteiger partial charge in [0.05, 0.1) is 5.92 Å². The molecule has 5 atom stereocenters. The van der Waals surface area contributed by atoms with Crippen LogP contribution in [0.25, 0.3) is 0 Å². The molecule has 2 aliphatic heterocycles. The summed E-state index contributed by atoms with van der Waals surface area (Å²) >= 11 is 0. The van der Waals surface area contributed by atoms with Gasteiger partial charge >= 0.3 is 0 Å². The number of hydrogen-bond donors (Lipinski definition) is 2. The van der Waals surface area contributed by atoms with Crippen LogP contribution < -0.4 is 11.1 Å². The highest BCUT2D eigenvalue weighted by molar-refractivity contribution is 5.79. The fraction of sp³-hybridized carbons (Fsp3) is 0.941. The lowest BCUT2D eigenvalue weighted by atomic mass is 9.77. The van der Waals surface area contributed by atoms with Gasteiger partial charge in [-0.1, -0.05) is 19.8 Å². The lowest BCUT2D eigenvalue weighted by molar-refractivity contribution is -0.128. The Bertz CT molecular complexity index is 372.